The van der Waals surface area contributed by atoms with Crippen LogP contribution in [0.3, 0.4) is 0 Å². The molecule has 0 bridgehead atoms. The number of Topliss-reactive ketones (excluding diaryl/α,β-unsaturated/α-hetero) is 1. The summed E-state index contributed by atoms with van der Waals surface area (Å²) >= 11 is 0. The summed E-state index contributed by atoms with van der Waals surface area (Å²) in [5.41, 5.74) is -0.632. The number of ether oxygens (including phenoxy) is 1. The summed E-state index contributed by atoms with van der Waals surface area (Å²) in [6, 6.07) is -0.676. The highest BCUT2D eigenvalue weighted by molar-refractivity contribution is 5.86. The third kappa shape index (κ3) is 3.18. The molecular formula is C11H18FNO3. The first-order valence-corrected chi connectivity index (χ1v) is 5.35. The van der Waals surface area contributed by atoms with Gasteiger partial charge in [-0.3, -0.25) is 9.69 Å². The highest BCUT2D eigenvalue weighted by Gasteiger charge is 2.39. The number of ketones is 1. The maximum absolute atomic E-state index is 13.2. The molecule has 1 aliphatic heterocycles. The van der Waals surface area contributed by atoms with Crippen LogP contribution in [0.2, 0.25) is 0 Å². The summed E-state index contributed by atoms with van der Waals surface area (Å²) in [6.45, 7) is 6.50. The van der Waals surface area contributed by atoms with Crippen LogP contribution in [0.1, 0.15) is 34.1 Å². The van der Waals surface area contributed by atoms with Crippen molar-refractivity contribution in [1.82, 2.24) is 4.90 Å². The summed E-state index contributed by atoms with van der Waals surface area (Å²) in [5.74, 6) is -0.203. The fourth-order valence-electron chi connectivity index (χ4n) is 1.69. The molecule has 0 radical (unpaired) electrons. The Labute approximate surface area is 94.7 Å². The van der Waals surface area contributed by atoms with Crippen molar-refractivity contribution in [2.24, 2.45) is 0 Å². The molecule has 2 atom stereocenters. The molecule has 5 heteroatoms. The second-order valence-electron chi connectivity index (χ2n) is 5.09. The van der Waals surface area contributed by atoms with Crippen LogP contribution in [-0.2, 0) is 9.53 Å². The fourth-order valence-corrected chi connectivity index (χ4v) is 1.69. The first-order valence-electron chi connectivity index (χ1n) is 5.35. The van der Waals surface area contributed by atoms with Crippen LogP contribution < -0.4 is 0 Å². The van der Waals surface area contributed by atoms with E-state index in [4.69, 9.17) is 4.74 Å². The first kappa shape index (κ1) is 12.9. The number of nitrogens with zero attached hydrogens (tertiary/aromatic N) is 1. The highest BCUT2D eigenvalue weighted by atomic mass is 19.1. The van der Waals surface area contributed by atoms with Crippen LogP contribution >= 0.6 is 0 Å². The molecule has 1 saturated heterocycles. The molecule has 1 aliphatic rings. The number of hydrogen-bond acceptors (Lipinski definition) is 3. The molecule has 1 fully saturated rings. The van der Waals surface area contributed by atoms with Gasteiger partial charge in [-0.05, 0) is 27.7 Å². The molecule has 0 aliphatic carbocycles. The van der Waals surface area contributed by atoms with Gasteiger partial charge in [-0.25, -0.2) is 9.18 Å². The topological polar surface area (TPSA) is 46.6 Å². The minimum atomic E-state index is -1.14. The lowest BCUT2D eigenvalue weighted by atomic mass is 10.1. The van der Waals surface area contributed by atoms with Crippen molar-refractivity contribution in [3.8, 4) is 0 Å². The van der Waals surface area contributed by atoms with Crippen LogP contribution in [0, 0.1) is 0 Å². The number of carbonyl (C=O) groups excluding carboxylic acids is 2. The Morgan fingerprint density at radius 3 is 2.38 bits per heavy atom. The minimum absolute atomic E-state index is 0.0564. The molecule has 0 saturated carbocycles. The number of halogens is 1. The van der Waals surface area contributed by atoms with Gasteiger partial charge in [-0.1, -0.05) is 0 Å². The smallest absolute Gasteiger partial charge is 0.411 e. The predicted octanol–water partition coefficient (Wildman–Crippen LogP) is 1.92. The Bertz CT molecular complexity index is 298. The average Bonchev–Trinajstić information content (AvgIpc) is 2.44. The van der Waals surface area contributed by atoms with Crippen LogP contribution in [0.4, 0.5) is 9.18 Å². The predicted molar refractivity (Wildman–Crippen MR) is 56.9 cm³/mol. The molecule has 0 spiro atoms. The van der Waals surface area contributed by atoms with Crippen LogP contribution in [0.5, 0.6) is 0 Å². The van der Waals surface area contributed by atoms with E-state index in [-0.39, 0.29) is 18.7 Å². The maximum atomic E-state index is 13.2. The van der Waals surface area contributed by atoms with Gasteiger partial charge in [0.1, 0.15) is 11.8 Å². The van der Waals surface area contributed by atoms with E-state index in [2.05, 4.69) is 0 Å². The third-order valence-corrected chi connectivity index (χ3v) is 2.35. The summed E-state index contributed by atoms with van der Waals surface area (Å²) in [4.78, 5) is 24.1. The highest BCUT2D eigenvalue weighted by Crippen LogP contribution is 2.23. The van der Waals surface area contributed by atoms with Gasteiger partial charge in [0.05, 0.1) is 12.6 Å². The molecule has 1 amide bonds. The van der Waals surface area contributed by atoms with E-state index in [0.717, 1.165) is 0 Å². The Hall–Kier alpha value is -1.13. The van der Waals surface area contributed by atoms with Crippen molar-refractivity contribution in [1.29, 1.82) is 0 Å². The summed E-state index contributed by atoms with van der Waals surface area (Å²) in [5, 5.41) is 0. The molecule has 0 aromatic rings. The zero-order chi connectivity index (χ0) is 12.5. The fraction of sp³-hybridized carbons (Fsp3) is 0.818. The molecule has 0 N–H and O–H groups in total. The lowest BCUT2D eigenvalue weighted by Gasteiger charge is -2.27. The third-order valence-electron chi connectivity index (χ3n) is 2.35. The van der Waals surface area contributed by atoms with Gasteiger partial charge >= 0.3 is 6.09 Å². The number of rotatable bonds is 1. The van der Waals surface area contributed by atoms with Gasteiger partial charge in [-0.2, -0.15) is 0 Å². The summed E-state index contributed by atoms with van der Waals surface area (Å²) in [6.07, 6.45) is -1.68. The van der Waals surface area contributed by atoms with Crippen LogP contribution in [0.25, 0.3) is 0 Å². The lowest BCUT2D eigenvalue weighted by Crippen LogP contribution is -2.42. The lowest BCUT2D eigenvalue weighted by molar-refractivity contribution is -0.121. The molecule has 1 rings (SSSR count). The Morgan fingerprint density at radius 1 is 1.38 bits per heavy atom. The molecule has 0 aromatic carbocycles. The molecule has 0 aromatic heterocycles. The average molecular weight is 231 g/mol. The van der Waals surface area contributed by atoms with Gasteiger partial charge < -0.3 is 4.74 Å². The Balaban J connectivity index is 2.71. The normalized spacial score (nSPS) is 25.7. The van der Waals surface area contributed by atoms with Crippen molar-refractivity contribution in [3.63, 3.8) is 0 Å². The standard InChI is InChI=1S/C11H18FNO3/c1-7(14)9-5-8(12)6-13(9)10(15)16-11(2,3)4/h8-9H,5-6H2,1-4H3/t8-,9+/m1/s1. The van der Waals surface area contributed by atoms with E-state index in [1.165, 1.54) is 11.8 Å². The van der Waals surface area contributed by atoms with Crippen molar-refractivity contribution in [2.75, 3.05) is 6.54 Å². The molecule has 16 heavy (non-hydrogen) atoms. The van der Waals surface area contributed by atoms with Crippen LogP contribution in [-0.4, -0.2) is 41.1 Å². The summed E-state index contributed by atoms with van der Waals surface area (Å²) < 4.78 is 18.3. The molecule has 92 valence electrons. The van der Waals surface area contributed by atoms with Crippen molar-refractivity contribution in [2.45, 2.75) is 51.9 Å². The second kappa shape index (κ2) is 4.39. The number of alkyl halides is 1. The van der Waals surface area contributed by atoms with Gasteiger partial charge in [0, 0.05) is 6.42 Å². The van der Waals surface area contributed by atoms with Gasteiger partial charge in [-0.15, -0.1) is 0 Å². The van der Waals surface area contributed by atoms with E-state index in [0.29, 0.717) is 0 Å². The van der Waals surface area contributed by atoms with Crippen molar-refractivity contribution < 1.29 is 18.7 Å². The number of amides is 1. The Morgan fingerprint density at radius 2 is 1.94 bits per heavy atom. The van der Waals surface area contributed by atoms with E-state index in [1.54, 1.807) is 20.8 Å². The molecular weight excluding hydrogens is 213 g/mol. The quantitative estimate of drug-likeness (QED) is 0.692. The van der Waals surface area contributed by atoms with E-state index >= 15 is 0 Å². The Kier molecular flexibility index (Phi) is 3.55. The monoisotopic (exact) mass is 231 g/mol. The van der Waals surface area contributed by atoms with Crippen LogP contribution in [0.15, 0.2) is 0 Å². The zero-order valence-corrected chi connectivity index (χ0v) is 10.1. The number of carbonyl (C=O) groups is 2. The zero-order valence-electron chi connectivity index (χ0n) is 10.1. The van der Waals surface area contributed by atoms with Crippen molar-refractivity contribution >= 4 is 11.9 Å². The summed E-state index contributed by atoms with van der Waals surface area (Å²) in [7, 11) is 0. The number of hydrogen-bond donors (Lipinski definition) is 0. The first-order chi connectivity index (χ1) is 7.20. The molecule has 4 nitrogen and oxygen atoms in total. The minimum Gasteiger partial charge on any atom is -0.444 e. The van der Waals surface area contributed by atoms with E-state index < -0.39 is 23.9 Å². The largest absolute Gasteiger partial charge is 0.444 e. The molecule has 0 unspecified atom stereocenters. The second-order valence-corrected chi connectivity index (χ2v) is 5.09. The maximum Gasteiger partial charge on any atom is 0.411 e. The van der Waals surface area contributed by atoms with E-state index in [9.17, 15) is 14.0 Å². The van der Waals surface area contributed by atoms with Gasteiger partial charge in [0.25, 0.3) is 0 Å². The number of likely N-dealkylation sites (tertiary alicyclic amines) is 1. The molecule has 1 heterocycles. The van der Waals surface area contributed by atoms with E-state index in [1.807, 2.05) is 0 Å². The SMILES string of the molecule is CC(=O)[C@@H]1C[C@@H](F)CN1C(=O)OC(C)(C)C. The van der Waals surface area contributed by atoms with Gasteiger partial charge in [0.2, 0.25) is 0 Å². The van der Waals surface area contributed by atoms with Crippen molar-refractivity contribution in [3.05, 3.63) is 0 Å². The van der Waals surface area contributed by atoms with Gasteiger partial charge in [0.15, 0.2) is 5.78 Å².